The van der Waals surface area contributed by atoms with Gasteiger partial charge in [0.2, 0.25) is 0 Å². The summed E-state index contributed by atoms with van der Waals surface area (Å²) in [5.74, 6) is 0.740. The van der Waals surface area contributed by atoms with Crippen molar-refractivity contribution >= 4 is 47.9 Å². The maximum atomic E-state index is 9.04. The summed E-state index contributed by atoms with van der Waals surface area (Å²) in [6, 6.07) is 24.9. The van der Waals surface area contributed by atoms with E-state index in [0.29, 0.717) is 5.56 Å². The lowest BCUT2D eigenvalue weighted by atomic mass is 9.90. The molecule has 1 aromatic heterocycles. The maximum absolute atomic E-state index is 9.04. The Bertz CT molecular complexity index is 1420. The number of halogens is 2. The molecule has 4 aromatic rings. The minimum absolute atomic E-state index is 0. The molecule has 1 aliphatic heterocycles. The highest BCUT2D eigenvalue weighted by Crippen LogP contribution is 2.30. The summed E-state index contributed by atoms with van der Waals surface area (Å²) < 4.78 is 5.97. The lowest BCUT2D eigenvalue weighted by molar-refractivity contribution is 0.172. The number of nitrogens with zero attached hydrogens (tertiary/aromatic N) is 4. The minimum Gasteiger partial charge on any atom is -0.356 e. The van der Waals surface area contributed by atoms with Crippen LogP contribution in [0.4, 0.5) is 0 Å². The van der Waals surface area contributed by atoms with Crippen LogP contribution in [-0.2, 0) is 19.5 Å². The summed E-state index contributed by atoms with van der Waals surface area (Å²) in [6.45, 7) is 4.17. The lowest BCUT2D eigenvalue weighted by Gasteiger charge is -2.31. The first-order chi connectivity index (χ1) is 18.6. The molecule has 5 rings (SSSR count). The standard InChI is InChI=1S/C33H36N4O.2ClH/c1-36(2)24-31-29(14-12-25-8-10-27(22-34)11-9-25)15-16-30-32(35-38-33(30)31)17-13-26-18-20-37(21-19-26)23-28-6-4-3-5-7-28;;/h3-12,14-16,26H,13,17-21,23-24H2,1-2H3;2*1H. The Morgan fingerprint density at radius 2 is 1.70 bits per heavy atom. The van der Waals surface area contributed by atoms with E-state index < -0.39 is 0 Å². The Hall–Kier alpha value is -3.14. The quantitative estimate of drug-likeness (QED) is 0.192. The van der Waals surface area contributed by atoms with Crippen LogP contribution in [0.5, 0.6) is 0 Å². The van der Waals surface area contributed by atoms with Crippen molar-refractivity contribution in [2.45, 2.75) is 38.8 Å². The second kappa shape index (κ2) is 15.0. The van der Waals surface area contributed by atoms with E-state index in [1.54, 1.807) is 0 Å². The molecule has 0 bridgehead atoms. The molecule has 7 heteroatoms. The number of fused-ring (bicyclic) bond motifs is 1. The molecule has 2 heterocycles. The molecule has 0 radical (unpaired) electrons. The third-order valence-corrected chi connectivity index (χ3v) is 7.57. The van der Waals surface area contributed by atoms with Crippen molar-refractivity contribution in [2.24, 2.45) is 5.92 Å². The molecule has 0 aliphatic carbocycles. The third-order valence-electron chi connectivity index (χ3n) is 7.57. The van der Waals surface area contributed by atoms with Crippen LogP contribution in [0.2, 0.25) is 0 Å². The van der Waals surface area contributed by atoms with E-state index in [-0.39, 0.29) is 24.8 Å². The molecule has 0 saturated carbocycles. The number of piperidine rings is 1. The molecule has 0 amide bonds. The highest BCUT2D eigenvalue weighted by molar-refractivity contribution is 5.87. The number of rotatable bonds is 9. The number of benzene rings is 3. The largest absolute Gasteiger partial charge is 0.356 e. The molecule has 5 nitrogen and oxygen atoms in total. The average molecular weight is 578 g/mol. The molecule has 40 heavy (non-hydrogen) atoms. The number of nitriles is 1. The zero-order valence-corrected chi connectivity index (χ0v) is 24.9. The molecule has 0 unspecified atom stereocenters. The summed E-state index contributed by atoms with van der Waals surface area (Å²) in [4.78, 5) is 4.75. The van der Waals surface area contributed by atoms with Crippen LogP contribution in [0.1, 0.15) is 52.8 Å². The fourth-order valence-electron chi connectivity index (χ4n) is 5.41. The van der Waals surface area contributed by atoms with Gasteiger partial charge < -0.3 is 9.42 Å². The number of likely N-dealkylation sites (tertiary alicyclic amines) is 1. The predicted molar refractivity (Wildman–Crippen MR) is 169 cm³/mol. The molecular weight excluding hydrogens is 539 g/mol. The average Bonchev–Trinajstić information content (AvgIpc) is 3.36. The zero-order valence-electron chi connectivity index (χ0n) is 23.3. The topological polar surface area (TPSA) is 56.3 Å². The summed E-state index contributed by atoms with van der Waals surface area (Å²) >= 11 is 0. The van der Waals surface area contributed by atoms with Gasteiger partial charge in [0.1, 0.15) is 0 Å². The third kappa shape index (κ3) is 7.96. The van der Waals surface area contributed by atoms with Gasteiger partial charge in [-0.3, -0.25) is 4.90 Å². The van der Waals surface area contributed by atoms with E-state index >= 15 is 0 Å². The van der Waals surface area contributed by atoms with Gasteiger partial charge in [0.05, 0.1) is 17.3 Å². The summed E-state index contributed by atoms with van der Waals surface area (Å²) in [6.07, 6.45) is 8.83. The van der Waals surface area contributed by atoms with Crippen LogP contribution in [0.25, 0.3) is 23.1 Å². The van der Waals surface area contributed by atoms with Crippen molar-refractivity contribution in [3.8, 4) is 6.07 Å². The molecule has 1 saturated heterocycles. The Morgan fingerprint density at radius 3 is 2.38 bits per heavy atom. The number of aromatic nitrogens is 1. The van der Waals surface area contributed by atoms with Gasteiger partial charge in [-0.1, -0.05) is 65.8 Å². The van der Waals surface area contributed by atoms with Gasteiger partial charge >= 0.3 is 0 Å². The Labute approximate surface area is 250 Å². The van der Waals surface area contributed by atoms with E-state index in [9.17, 15) is 0 Å². The summed E-state index contributed by atoms with van der Waals surface area (Å²) in [5.41, 5.74) is 7.40. The van der Waals surface area contributed by atoms with Crippen molar-refractivity contribution in [1.82, 2.24) is 15.0 Å². The van der Waals surface area contributed by atoms with E-state index in [1.807, 2.05) is 24.3 Å². The van der Waals surface area contributed by atoms with Gasteiger partial charge in [-0.25, -0.2) is 0 Å². The fraction of sp³-hybridized carbons (Fsp3) is 0.333. The Morgan fingerprint density at radius 1 is 0.975 bits per heavy atom. The maximum Gasteiger partial charge on any atom is 0.172 e. The van der Waals surface area contributed by atoms with Crippen LogP contribution in [0.15, 0.2) is 71.3 Å². The molecule has 3 aromatic carbocycles. The molecule has 1 aliphatic rings. The van der Waals surface area contributed by atoms with Gasteiger partial charge in [0.15, 0.2) is 5.58 Å². The SMILES string of the molecule is CN(C)Cc1c(C=Cc2ccc(C#N)cc2)ccc2c(CCC3CCN(Cc4ccccc4)CC3)noc12.Cl.Cl. The monoisotopic (exact) mass is 576 g/mol. The van der Waals surface area contributed by atoms with Gasteiger partial charge in [-0.15, -0.1) is 24.8 Å². The minimum atomic E-state index is 0. The van der Waals surface area contributed by atoms with E-state index in [1.165, 1.54) is 31.5 Å². The molecule has 210 valence electrons. The lowest BCUT2D eigenvalue weighted by Crippen LogP contribution is -2.33. The second-order valence-corrected chi connectivity index (χ2v) is 10.7. The van der Waals surface area contributed by atoms with Crippen molar-refractivity contribution in [1.29, 1.82) is 5.26 Å². The second-order valence-electron chi connectivity index (χ2n) is 10.7. The highest BCUT2D eigenvalue weighted by Gasteiger charge is 2.21. The molecule has 0 N–H and O–H groups in total. The predicted octanol–water partition coefficient (Wildman–Crippen LogP) is 7.62. The summed E-state index contributed by atoms with van der Waals surface area (Å²) in [7, 11) is 4.16. The first kappa shape index (κ1) is 31.4. The Balaban J connectivity index is 0.00000220. The first-order valence-electron chi connectivity index (χ1n) is 13.6. The van der Waals surface area contributed by atoms with Gasteiger partial charge in [0.25, 0.3) is 0 Å². The van der Waals surface area contributed by atoms with E-state index in [0.717, 1.165) is 65.2 Å². The number of aryl methyl sites for hydroxylation is 1. The molecule has 1 fully saturated rings. The summed E-state index contributed by atoms with van der Waals surface area (Å²) in [5, 5.41) is 14.7. The van der Waals surface area contributed by atoms with Crippen LogP contribution in [0.3, 0.4) is 0 Å². The van der Waals surface area contributed by atoms with Crippen LogP contribution in [0, 0.1) is 17.2 Å². The van der Waals surface area contributed by atoms with Gasteiger partial charge in [-0.2, -0.15) is 5.26 Å². The van der Waals surface area contributed by atoms with Crippen molar-refractivity contribution in [3.05, 3.63) is 100 Å². The normalized spacial score (nSPS) is 14.2. The highest BCUT2D eigenvalue weighted by atomic mass is 35.5. The van der Waals surface area contributed by atoms with Crippen molar-refractivity contribution in [3.63, 3.8) is 0 Å². The molecular formula is C33H38Cl2N4O. The van der Waals surface area contributed by atoms with E-state index in [4.69, 9.17) is 9.78 Å². The van der Waals surface area contributed by atoms with Crippen molar-refractivity contribution in [2.75, 3.05) is 27.2 Å². The van der Waals surface area contributed by atoms with Gasteiger partial charge in [0, 0.05) is 24.0 Å². The van der Waals surface area contributed by atoms with Crippen LogP contribution >= 0.6 is 24.8 Å². The van der Waals surface area contributed by atoms with Crippen molar-refractivity contribution < 1.29 is 4.52 Å². The number of hydrogen-bond acceptors (Lipinski definition) is 5. The smallest absolute Gasteiger partial charge is 0.172 e. The van der Waals surface area contributed by atoms with Crippen LogP contribution < -0.4 is 0 Å². The Kier molecular flexibility index (Phi) is 11.8. The van der Waals surface area contributed by atoms with Gasteiger partial charge in [-0.05, 0) is 93.7 Å². The van der Waals surface area contributed by atoms with Crippen LogP contribution in [-0.4, -0.2) is 42.1 Å². The fourth-order valence-corrected chi connectivity index (χ4v) is 5.41. The van der Waals surface area contributed by atoms with E-state index in [2.05, 4.69) is 89.7 Å². The molecule has 0 spiro atoms. The zero-order chi connectivity index (χ0) is 26.3. The molecule has 0 atom stereocenters. The number of hydrogen-bond donors (Lipinski definition) is 0. The first-order valence-corrected chi connectivity index (χ1v) is 13.6.